The Balaban J connectivity index is 2.04. The minimum atomic E-state index is -0.330. The molecule has 3 nitrogen and oxygen atoms in total. The SMILES string of the molecule is Cc1ccc(-c2c(N3C[C@H](C)C[C@@H](C)C3)c(=O)c2=O)cc1C. The highest BCUT2D eigenvalue weighted by molar-refractivity contribution is 5.83. The predicted octanol–water partition coefficient (Wildman–Crippen LogP) is 3.05. The molecular weight excluding hydrogens is 274 g/mol. The van der Waals surface area contributed by atoms with Gasteiger partial charge in [-0.15, -0.1) is 0 Å². The van der Waals surface area contributed by atoms with Crippen molar-refractivity contribution in [1.29, 1.82) is 0 Å². The largest absolute Gasteiger partial charge is 0.367 e. The second-order valence-corrected chi connectivity index (χ2v) is 7.03. The highest BCUT2D eigenvalue weighted by atomic mass is 16.2. The monoisotopic (exact) mass is 297 g/mol. The van der Waals surface area contributed by atoms with Gasteiger partial charge in [-0.25, -0.2) is 0 Å². The lowest BCUT2D eigenvalue weighted by molar-refractivity contribution is 0.356. The molecule has 2 atom stereocenters. The maximum Gasteiger partial charge on any atom is 0.250 e. The molecule has 1 fully saturated rings. The van der Waals surface area contributed by atoms with Crippen molar-refractivity contribution in [3.05, 3.63) is 49.8 Å². The van der Waals surface area contributed by atoms with Crippen LogP contribution < -0.4 is 15.8 Å². The molecule has 0 aromatic heterocycles. The zero-order chi connectivity index (χ0) is 16.0. The van der Waals surface area contributed by atoms with Gasteiger partial charge in [0.1, 0.15) is 5.69 Å². The van der Waals surface area contributed by atoms with E-state index in [2.05, 4.69) is 25.7 Å². The molecule has 2 aromatic rings. The molecule has 1 heterocycles. The summed E-state index contributed by atoms with van der Waals surface area (Å²) in [4.78, 5) is 26.4. The van der Waals surface area contributed by atoms with Crippen molar-refractivity contribution in [3.8, 4) is 11.1 Å². The summed E-state index contributed by atoms with van der Waals surface area (Å²) in [5, 5.41) is 0. The molecule has 0 unspecified atom stereocenters. The molecule has 116 valence electrons. The van der Waals surface area contributed by atoms with Crippen LogP contribution in [0.15, 0.2) is 27.8 Å². The molecule has 1 saturated heterocycles. The summed E-state index contributed by atoms with van der Waals surface area (Å²) < 4.78 is 0. The van der Waals surface area contributed by atoms with E-state index in [9.17, 15) is 9.59 Å². The third kappa shape index (κ3) is 2.39. The fourth-order valence-corrected chi connectivity index (χ4v) is 3.69. The van der Waals surface area contributed by atoms with Gasteiger partial charge in [-0.2, -0.15) is 0 Å². The topological polar surface area (TPSA) is 37.4 Å². The number of anilines is 1. The molecule has 22 heavy (non-hydrogen) atoms. The van der Waals surface area contributed by atoms with Crippen molar-refractivity contribution in [2.45, 2.75) is 34.1 Å². The molecule has 0 bridgehead atoms. The van der Waals surface area contributed by atoms with Crippen LogP contribution in [0.3, 0.4) is 0 Å². The molecule has 0 aliphatic carbocycles. The smallest absolute Gasteiger partial charge is 0.250 e. The van der Waals surface area contributed by atoms with E-state index in [0.717, 1.165) is 24.2 Å². The number of piperidine rings is 1. The van der Waals surface area contributed by atoms with Crippen molar-refractivity contribution < 1.29 is 0 Å². The maximum absolute atomic E-state index is 12.2. The van der Waals surface area contributed by atoms with Gasteiger partial charge >= 0.3 is 0 Å². The summed E-state index contributed by atoms with van der Waals surface area (Å²) in [6, 6.07) is 6.00. The standard InChI is InChI=1S/C19H23NO2/c1-11-7-12(2)10-20(9-11)17-16(18(21)19(17)22)15-6-5-13(3)14(4)8-15/h5-6,8,11-12H,7,9-10H2,1-4H3/t11-,12-/m1/s1. The Hall–Kier alpha value is -1.90. The fourth-order valence-electron chi connectivity index (χ4n) is 3.69. The van der Waals surface area contributed by atoms with Crippen molar-refractivity contribution >= 4 is 5.69 Å². The van der Waals surface area contributed by atoms with Crippen LogP contribution in [-0.4, -0.2) is 13.1 Å². The lowest BCUT2D eigenvalue weighted by Gasteiger charge is -2.37. The third-order valence-corrected chi connectivity index (χ3v) is 4.87. The molecule has 0 radical (unpaired) electrons. The van der Waals surface area contributed by atoms with Gasteiger partial charge in [0.15, 0.2) is 0 Å². The van der Waals surface area contributed by atoms with Crippen molar-refractivity contribution in [1.82, 2.24) is 0 Å². The Bertz CT molecular complexity index is 773. The first-order valence-electron chi connectivity index (χ1n) is 8.04. The molecule has 0 N–H and O–H groups in total. The zero-order valence-corrected chi connectivity index (χ0v) is 13.8. The van der Waals surface area contributed by atoms with E-state index in [4.69, 9.17) is 0 Å². The number of aryl methyl sites for hydroxylation is 2. The van der Waals surface area contributed by atoms with Gasteiger partial charge in [0.05, 0.1) is 5.56 Å². The van der Waals surface area contributed by atoms with Crippen LogP contribution in [0.5, 0.6) is 0 Å². The van der Waals surface area contributed by atoms with Gasteiger partial charge in [0, 0.05) is 13.1 Å². The number of benzene rings is 1. The van der Waals surface area contributed by atoms with Gasteiger partial charge in [0.25, 0.3) is 0 Å². The lowest BCUT2D eigenvalue weighted by Crippen LogP contribution is -2.47. The molecule has 3 rings (SSSR count). The minimum absolute atomic E-state index is 0.311. The van der Waals surface area contributed by atoms with Gasteiger partial charge < -0.3 is 4.90 Å². The molecule has 2 aromatic carbocycles. The van der Waals surface area contributed by atoms with E-state index in [0.29, 0.717) is 23.1 Å². The van der Waals surface area contributed by atoms with Crippen LogP contribution in [0.4, 0.5) is 5.69 Å². The van der Waals surface area contributed by atoms with Gasteiger partial charge in [-0.05, 0) is 48.8 Å². The van der Waals surface area contributed by atoms with E-state index in [1.165, 1.54) is 12.0 Å². The highest BCUT2D eigenvalue weighted by Crippen LogP contribution is 2.32. The minimum Gasteiger partial charge on any atom is -0.367 e. The summed E-state index contributed by atoms with van der Waals surface area (Å²) >= 11 is 0. The predicted molar refractivity (Wildman–Crippen MR) is 91.4 cm³/mol. The van der Waals surface area contributed by atoms with Crippen molar-refractivity contribution in [2.75, 3.05) is 18.0 Å². The first-order chi connectivity index (χ1) is 10.4. The fraction of sp³-hybridized carbons (Fsp3) is 0.474. The van der Waals surface area contributed by atoms with Crippen molar-refractivity contribution in [3.63, 3.8) is 0 Å². The first kappa shape index (κ1) is 15.0. The van der Waals surface area contributed by atoms with E-state index in [-0.39, 0.29) is 10.9 Å². The molecule has 1 aliphatic rings. The van der Waals surface area contributed by atoms with Crippen molar-refractivity contribution in [2.24, 2.45) is 11.8 Å². The molecule has 0 spiro atoms. The summed E-state index contributed by atoms with van der Waals surface area (Å²) in [5.41, 5.74) is 3.86. The van der Waals surface area contributed by atoms with Crippen LogP contribution in [0.25, 0.3) is 11.1 Å². The zero-order valence-electron chi connectivity index (χ0n) is 13.8. The molecular formula is C19H23NO2. The van der Waals surface area contributed by atoms with Gasteiger partial charge in [-0.3, -0.25) is 9.59 Å². The lowest BCUT2D eigenvalue weighted by atomic mass is 9.89. The average Bonchev–Trinajstić information content (AvgIpc) is 2.45. The van der Waals surface area contributed by atoms with Crippen LogP contribution in [-0.2, 0) is 0 Å². The molecule has 0 amide bonds. The Morgan fingerprint density at radius 2 is 1.59 bits per heavy atom. The summed E-state index contributed by atoms with van der Waals surface area (Å²) in [5.74, 6) is 1.11. The number of hydrogen-bond acceptors (Lipinski definition) is 3. The summed E-state index contributed by atoms with van der Waals surface area (Å²) in [6.45, 7) is 10.2. The van der Waals surface area contributed by atoms with Crippen LogP contribution >= 0.6 is 0 Å². The number of nitrogens with zero attached hydrogens (tertiary/aromatic N) is 1. The number of hydrogen-bond donors (Lipinski definition) is 0. The average molecular weight is 297 g/mol. The van der Waals surface area contributed by atoms with E-state index >= 15 is 0 Å². The quantitative estimate of drug-likeness (QED) is 0.800. The summed E-state index contributed by atoms with van der Waals surface area (Å²) in [6.07, 6.45) is 1.19. The first-order valence-corrected chi connectivity index (χ1v) is 8.04. The van der Waals surface area contributed by atoms with E-state index in [1.807, 2.05) is 25.1 Å². The highest BCUT2D eigenvalue weighted by Gasteiger charge is 2.31. The maximum atomic E-state index is 12.2. The molecule has 3 heteroatoms. The third-order valence-electron chi connectivity index (χ3n) is 4.87. The Morgan fingerprint density at radius 3 is 2.18 bits per heavy atom. The van der Waals surface area contributed by atoms with E-state index < -0.39 is 0 Å². The second kappa shape index (κ2) is 5.38. The van der Waals surface area contributed by atoms with Gasteiger partial charge in [-0.1, -0.05) is 32.0 Å². The van der Waals surface area contributed by atoms with Crippen LogP contribution in [0.2, 0.25) is 0 Å². The number of rotatable bonds is 2. The van der Waals surface area contributed by atoms with E-state index in [1.54, 1.807) is 0 Å². The Labute approximate surface area is 131 Å². The van der Waals surface area contributed by atoms with Crippen LogP contribution in [0.1, 0.15) is 31.4 Å². The molecule has 1 aliphatic heterocycles. The summed E-state index contributed by atoms with van der Waals surface area (Å²) in [7, 11) is 0. The Morgan fingerprint density at radius 1 is 0.955 bits per heavy atom. The molecule has 0 saturated carbocycles. The van der Waals surface area contributed by atoms with Gasteiger partial charge in [0.2, 0.25) is 10.9 Å². The van der Waals surface area contributed by atoms with Crippen LogP contribution in [0, 0.1) is 25.7 Å². The normalized spacial score (nSPS) is 22.3. The Kier molecular flexibility index (Phi) is 3.67. The second-order valence-electron chi connectivity index (χ2n) is 7.03.